The Hall–Kier alpha value is -2.02. The Morgan fingerprint density at radius 1 is 1.52 bits per heavy atom. The highest BCUT2D eigenvalue weighted by molar-refractivity contribution is 9.10. The van der Waals surface area contributed by atoms with Gasteiger partial charge in [-0.15, -0.1) is 0 Å². The van der Waals surface area contributed by atoms with Gasteiger partial charge in [0.05, 0.1) is 7.11 Å². The monoisotopic (exact) mass is 357 g/mol. The first-order valence-corrected chi connectivity index (χ1v) is 6.86. The maximum absolute atomic E-state index is 11.4. The second kappa shape index (κ2) is 8.31. The van der Waals surface area contributed by atoms with E-state index >= 15 is 0 Å². The Balaban J connectivity index is 2.83. The molecule has 1 atom stereocenters. The average Bonchev–Trinajstić information content (AvgIpc) is 2.44. The molecule has 0 saturated carbocycles. The van der Waals surface area contributed by atoms with Crippen LogP contribution in [0.25, 0.3) is 0 Å². The van der Waals surface area contributed by atoms with Crippen molar-refractivity contribution in [2.75, 3.05) is 13.7 Å². The van der Waals surface area contributed by atoms with Crippen molar-refractivity contribution in [3.05, 3.63) is 40.9 Å². The summed E-state index contributed by atoms with van der Waals surface area (Å²) in [5.41, 5.74) is 0.656. The number of hydrogen-bond acceptors (Lipinski definition) is 4. The minimum Gasteiger partial charge on any atom is -0.496 e. The Morgan fingerprint density at radius 3 is 2.81 bits per heavy atom. The van der Waals surface area contributed by atoms with Gasteiger partial charge in [-0.1, -0.05) is 28.6 Å². The number of hydrogen-bond donors (Lipinski definition) is 2. The van der Waals surface area contributed by atoms with E-state index in [2.05, 4.69) is 27.8 Å². The van der Waals surface area contributed by atoms with Crippen LogP contribution in [0.2, 0.25) is 0 Å². The molecule has 0 aromatic heterocycles. The molecular weight excluding hydrogens is 342 g/mol. The molecule has 0 saturated heterocycles. The van der Waals surface area contributed by atoms with Crippen molar-refractivity contribution >= 4 is 28.0 Å². The van der Waals surface area contributed by atoms with Crippen molar-refractivity contribution in [1.29, 1.82) is 0 Å². The highest BCUT2D eigenvalue weighted by atomic mass is 79.9. The van der Waals surface area contributed by atoms with Gasteiger partial charge >= 0.3 is 12.1 Å². The summed E-state index contributed by atoms with van der Waals surface area (Å²) in [6, 6.07) is 4.12. The van der Waals surface area contributed by atoms with Gasteiger partial charge in [0.25, 0.3) is 0 Å². The lowest BCUT2D eigenvalue weighted by molar-refractivity contribution is -0.139. The van der Waals surface area contributed by atoms with Crippen molar-refractivity contribution in [2.45, 2.75) is 12.5 Å². The van der Waals surface area contributed by atoms with E-state index in [9.17, 15) is 14.7 Å². The second-order valence-electron chi connectivity index (χ2n) is 4.08. The fraction of sp³-hybridized carbons (Fsp3) is 0.286. The summed E-state index contributed by atoms with van der Waals surface area (Å²) in [6.45, 7) is 3.42. The number of ether oxygens (including phenoxy) is 2. The summed E-state index contributed by atoms with van der Waals surface area (Å²) in [5, 5.41) is 11.5. The van der Waals surface area contributed by atoms with Crippen molar-refractivity contribution in [1.82, 2.24) is 5.32 Å². The van der Waals surface area contributed by atoms with Gasteiger partial charge in [0.1, 0.15) is 18.4 Å². The van der Waals surface area contributed by atoms with Crippen molar-refractivity contribution in [2.24, 2.45) is 0 Å². The number of alkyl carbamates (subject to hydrolysis) is 1. The highest BCUT2D eigenvalue weighted by Gasteiger charge is 2.22. The SMILES string of the molecule is C=CCOC(=O)NC(Cc1cc(Br)ccc1OC)C(=O)O. The maximum Gasteiger partial charge on any atom is 0.408 e. The Labute approximate surface area is 130 Å². The zero-order valence-electron chi connectivity index (χ0n) is 11.5. The molecule has 114 valence electrons. The molecule has 0 bridgehead atoms. The molecule has 0 radical (unpaired) electrons. The van der Waals surface area contributed by atoms with Gasteiger partial charge in [0.2, 0.25) is 0 Å². The van der Waals surface area contributed by atoms with Crippen LogP contribution >= 0.6 is 15.9 Å². The van der Waals surface area contributed by atoms with Crippen LogP contribution in [0.4, 0.5) is 4.79 Å². The van der Waals surface area contributed by atoms with Gasteiger partial charge in [0, 0.05) is 10.9 Å². The number of aliphatic carboxylic acids is 1. The molecule has 6 nitrogen and oxygen atoms in total. The van der Waals surface area contributed by atoms with E-state index in [0.717, 1.165) is 4.47 Å². The first-order valence-electron chi connectivity index (χ1n) is 6.07. The standard InChI is InChI=1S/C14H16BrNO5/c1-3-6-21-14(19)16-11(13(17)18)8-9-7-10(15)4-5-12(9)20-2/h3-5,7,11H,1,6,8H2,2H3,(H,16,19)(H,17,18). The zero-order chi connectivity index (χ0) is 15.8. The van der Waals surface area contributed by atoms with Crippen LogP contribution in [0.5, 0.6) is 5.75 Å². The molecule has 0 aliphatic heterocycles. The smallest absolute Gasteiger partial charge is 0.408 e. The molecule has 0 fully saturated rings. The largest absolute Gasteiger partial charge is 0.496 e. The van der Waals surface area contributed by atoms with Crippen molar-refractivity contribution in [3.63, 3.8) is 0 Å². The lowest BCUT2D eigenvalue weighted by atomic mass is 10.1. The number of benzene rings is 1. The van der Waals surface area contributed by atoms with E-state index in [4.69, 9.17) is 9.47 Å². The summed E-state index contributed by atoms with van der Waals surface area (Å²) in [7, 11) is 1.49. The molecule has 1 amide bonds. The lowest BCUT2D eigenvalue weighted by Crippen LogP contribution is -2.42. The highest BCUT2D eigenvalue weighted by Crippen LogP contribution is 2.24. The van der Waals surface area contributed by atoms with Crippen LogP contribution in [0.15, 0.2) is 35.3 Å². The third-order valence-corrected chi connectivity index (χ3v) is 3.08. The summed E-state index contributed by atoms with van der Waals surface area (Å²) < 4.78 is 10.7. The number of rotatable bonds is 7. The van der Waals surface area contributed by atoms with E-state index < -0.39 is 18.1 Å². The minimum atomic E-state index is -1.16. The molecule has 1 aromatic carbocycles. The molecule has 0 heterocycles. The predicted octanol–water partition coefficient (Wildman–Crippen LogP) is 2.37. The molecule has 0 aliphatic rings. The number of halogens is 1. The van der Waals surface area contributed by atoms with Crippen LogP contribution < -0.4 is 10.1 Å². The van der Waals surface area contributed by atoms with Crippen molar-refractivity contribution in [3.8, 4) is 5.75 Å². The normalized spacial score (nSPS) is 11.3. The Morgan fingerprint density at radius 2 is 2.24 bits per heavy atom. The molecule has 1 aromatic rings. The third kappa shape index (κ3) is 5.47. The molecule has 1 unspecified atom stereocenters. The number of nitrogens with one attached hydrogen (secondary N) is 1. The number of carboxylic acids is 1. The average molecular weight is 358 g/mol. The molecule has 21 heavy (non-hydrogen) atoms. The van der Waals surface area contributed by atoms with Gasteiger partial charge in [0.15, 0.2) is 0 Å². The summed E-state index contributed by atoms with van der Waals surface area (Å²) in [6.07, 6.45) is 0.657. The summed E-state index contributed by atoms with van der Waals surface area (Å²) in [5.74, 6) is -0.613. The van der Waals surface area contributed by atoms with E-state index in [0.29, 0.717) is 11.3 Å². The van der Waals surface area contributed by atoms with Gasteiger partial charge in [-0.25, -0.2) is 9.59 Å². The molecule has 2 N–H and O–H groups in total. The molecular formula is C14H16BrNO5. The number of amides is 1. The maximum atomic E-state index is 11.4. The number of methoxy groups -OCH3 is 1. The van der Waals surface area contributed by atoms with Crippen LogP contribution in [0.3, 0.4) is 0 Å². The summed E-state index contributed by atoms with van der Waals surface area (Å²) in [4.78, 5) is 22.7. The van der Waals surface area contributed by atoms with Crippen LogP contribution in [-0.2, 0) is 16.0 Å². The number of carboxylic acid groups (broad SMARTS) is 1. The third-order valence-electron chi connectivity index (χ3n) is 2.59. The van der Waals surface area contributed by atoms with Gasteiger partial charge < -0.3 is 19.9 Å². The first-order chi connectivity index (χ1) is 9.97. The minimum absolute atomic E-state index is 0.0123. The Kier molecular flexibility index (Phi) is 6.74. The fourth-order valence-corrected chi connectivity index (χ4v) is 2.05. The lowest BCUT2D eigenvalue weighted by Gasteiger charge is -2.16. The topological polar surface area (TPSA) is 84.9 Å². The zero-order valence-corrected chi connectivity index (χ0v) is 13.1. The summed E-state index contributed by atoms with van der Waals surface area (Å²) >= 11 is 3.31. The molecule has 0 aliphatic carbocycles. The molecule has 0 spiro atoms. The van der Waals surface area contributed by atoms with Gasteiger partial charge in [-0.3, -0.25) is 0 Å². The molecule has 1 rings (SSSR count). The Bertz CT molecular complexity index is 532. The van der Waals surface area contributed by atoms with Crippen LogP contribution in [0, 0.1) is 0 Å². The predicted molar refractivity (Wildman–Crippen MR) is 80.5 cm³/mol. The second-order valence-corrected chi connectivity index (χ2v) is 5.00. The van der Waals surface area contributed by atoms with Crippen molar-refractivity contribution < 1.29 is 24.2 Å². The van der Waals surface area contributed by atoms with Crippen LogP contribution in [-0.4, -0.2) is 36.9 Å². The van der Waals surface area contributed by atoms with Crippen LogP contribution in [0.1, 0.15) is 5.56 Å². The first kappa shape index (κ1) is 17.0. The van der Waals surface area contributed by atoms with E-state index in [1.165, 1.54) is 13.2 Å². The number of carbonyl (C=O) groups is 2. The van der Waals surface area contributed by atoms with Gasteiger partial charge in [-0.2, -0.15) is 0 Å². The van der Waals surface area contributed by atoms with Gasteiger partial charge in [-0.05, 0) is 23.8 Å². The quantitative estimate of drug-likeness (QED) is 0.731. The number of carbonyl (C=O) groups excluding carboxylic acids is 1. The fourth-order valence-electron chi connectivity index (χ4n) is 1.65. The van der Waals surface area contributed by atoms with E-state index in [-0.39, 0.29) is 13.0 Å². The van der Waals surface area contributed by atoms with E-state index in [1.807, 2.05) is 0 Å². The van der Waals surface area contributed by atoms with E-state index in [1.54, 1.807) is 18.2 Å². The molecule has 7 heteroatoms.